The summed E-state index contributed by atoms with van der Waals surface area (Å²) in [4.78, 5) is 17.5. The minimum atomic E-state index is 0.195. The third-order valence-electron chi connectivity index (χ3n) is 3.26. The second-order valence-electron chi connectivity index (χ2n) is 4.52. The van der Waals surface area contributed by atoms with Crippen LogP contribution in [-0.4, -0.2) is 30.5 Å². The van der Waals surface area contributed by atoms with Gasteiger partial charge in [-0.05, 0) is 12.1 Å². The second kappa shape index (κ2) is 2.95. The van der Waals surface area contributed by atoms with E-state index in [4.69, 9.17) is 0 Å². The van der Waals surface area contributed by atoms with Crippen molar-refractivity contribution in [2.24, 2.45) is 5.41 Å². The summed E-state index contributed by atoms with van der Waals surface area (Å²) in [6.07, 6.45) is 4.33. The lowest BCUT2D eigenvalue weighted by molar-refractivity contribution is -0.119. The van der Waals surface area contributed by atoms with E-state index in [0.29, 0.717) is 6.42 Å². The number of hydrogen-bond acceptors (Lipinski definition) is 3. The summed E-state index contributed by atoms with van der Waals surface area (Å²) in [5.74, 6) is 0.195. The van der Waals surface area contributed by atoms with Gasteiger partial charge in [-0.1, -0.05) is 0 Å². The molecule has 1 amide bonds. The fourth-order valence-corrected chi connectivity index (χ4v) is 2.46. The van der Waals surface area contributed by atoms with Gasteiger partial charge >= 0.3 is 0 Å². The normalized spacial score (nSPS) is 22.7. The molecule has 1 aromatic heterocycles. The quantitative estimate of drug-likeness (QED) is 0.719. The van der Waals surface area contributed by atoms with E-state index in [1.807, 2.05) is 12.3 Å². The first-order valence-electron chi connectivity index (χ1n) is 5.19. The van der Waals surface area contributed by atoms with Crippen LogP contribution in [-0.2, 0) is 4.79 Å². The van der Waals surface area contributed by atoms with E-state index in [0.717, 1.165) is 25.3 Å². The highest BCUT2D eigenvalue weighted by molar-refractivity contribution is 5.80. The lowest BCUT2D eigenvalue weighted by Gasteiger charge is -2.48. The number of aromatic nitrogens is 1. The van der Waals surface area contributed by atoms with Gasteiger partial charge in [0, 0.05) is 37.7 Å². The fourth-order valence-electron chi connectivity index (χ4n) is 2.46. The van der Waals surface area contributed by atoms with Crippen LogP contribution in [0, 0.1) is 5.41 Å². The number of hydrogen-bond donors (Lipinski definition) is 1. The number of rotatable bonds is 1. The molecule has 4 nitrogen and oxygen atoms in total. The summed E-state index contributed by atoms with van der Waals surface area (Å²) in [6.45, 7) is 2.78. The zero-order chi connectivity index (χ0) is 10.3. The van der Waals surface area contributed by atoms with Gasteiger partial charge in [0.25, 0.3) is 0 Å². The lowest BCUT2D eigenvalue weighted by Crippen LogP contribution is -2.57. The number of carbonyl (C=O) groups is 1. The Bertz CT molecular complexity index is 384. The van der Waals surface area contributed by atoms with Crippen LogP contribution in [0.5, 0.6) is 0 Å². The molecule has 78 valence electrons. The van der Waals surface area contributed by atoms with Gasteiger partial charge in [0.2, 0.25) is 5.91 Å². The molecule has 0 saturated carbocycles. The Labute approximate surface area is 88.3 Å². The Balaban J connectivity index is 1.69. The van der Waals surface area contributed by atoms with Crippen LogP contribution in [0.2, 0.25) is 0 Å². The van der Waals surface area contributed by atoms with Crippen LogP contribution in [0.25, 0.3) is 0 Å². The summed E-state index contributed by atoms with van der Waals surface area (Å²) in [5, 5.41) is 2.90. The van der Waals surface area contributed by atoms with E-state index in [-0.39, 0.29) is 11.3 Å². The molecule has 0 aliphatic carbocycles. The van der Waals surface area contributed by atoms with Crippen molar-refractivity contribution in [1.29, 1.82) is 0 Å². The summed E-state index contributed by atoms with van der Waals surface area (Å²) < 4.78 is 0. The molecule has 1 spiro atoms. The minimum Gasteiger partial charge on any atom is -0.369 e. The molecule has 0 bridgehead atoms. The van der Waals surface area contributed by atoms with Crippen molar-refractivity contribution in [2.75, 3.05) is 24.5 Å². The summed E-state index contributed by atoms with van der Waals surface area (Å²) >= 11 is 0. The highest BCUT2D eigenvalue weighted by atomic mass is 16.1. The summed E-state index contributed by atoms with van der Waals surface area (Å²) in [7, 11) is 0. The van der Waals surface area contributed by atoms with Gasteiger partial charge in [0.1, 0.15) is 0 Å². The van der Waals surface area contributed by atoms with Gasteiger partial charge in [0.05, 0.1) is 11.9 Å². The molecule has 0 aromatic carbocycles. The first-order chi connectivity index (χ1) is 7.27. The first kappa shape index (κ1) is 8.71. The van der Waals surface area contributed by atoms with Crippen LogP contribution in [0.4, 0.5) is 5.69 Å². The largest absolute Gasteiger partial charge is 0.369 e. The summed E-state index contributed by atoms with van der Waals surface area (Å²) in [6, 6.07) is 4.00. The van der Waals surface area contributed by atoms with Crippen LogP contribution in [0.3, 0.4) is 0 Å². The monoisotopic (exact) mass is 203 g/mol. The molecule has 2 fully saturated rings. The Morgan fingerprint density at radius 1 is 1.47 bits per heavy atom. The third kappa shape index (κ3) is 1.37. The van der Waals surface area contributed by atoms with Gasteiger partial charge in [-0.15, -0.1) is 0 Å². The number of carbonyl (C=O) groups excluding carboxylic acids is 1. The van der Waals surface area contributed by atoms with Gasteiger partial charge in [0.15, 0.2) is 0 Å². The molecule has 15 heavy (non-hydrogen) atoms. The van der Waals surface area contributed by atoms with Crippen molar-refractivity contribution in [3.8, 4) is 0 Å². The van der Waals surface area contributed by atoms with Crippen LogP contribution >= 0.6 is 0 Å². The Kier molecular flexibility index (Phi) is 1.71. The SMILES string of the molecule is O=C1CC2(CN1)CN(c1cccnc1)C2. The molecule has 0 atom stereocenters. The molecule has 4 heteroatoms. The maximum atomic E-state index is 11.2. The van der Waals surface area contributed by atoms with Gasteiger partial charge in [-0.3, -0.25) is 9.78 Å². The van der Waals surface area contributed by atoms with E-state index in [1.54, 1.807) is 6.20 Å². The Morgan fingerprint density at radius 3 is 2.93 bits per heavy atom. The Morgan fingerprint density at radius 2 is 2.33 bits per heavy atom. The smallest absolute Gasteiger partial charge is 0.220 e. The zero-order valence-electron chi connectivity index (χ0n) is 8.44. The fraction of sp³-hybridized carbons (Fsp3) is 0.455. The molecule has 2 aliphatic heterocycles. The average molecular weight is 203 g/mol. The van der Waals surface area contributed by atoms with E-state index >= 15 is 0 Å². The van der Waals surface area contributed by atoms with Crippen molar-refractivity contribution < 1.29 is 4.79 Å². The van der Waals surface area contributed by atoms with Crippen LogP contribution < -0.4 is 10.2 Å². The van der Waals surface area contributed by atoms with Crippen molar-refractivity contribution in [2.45, 2.75) is 6.42 Å². The van der Waals surface area contributed by atoms with Crippen LogP contribution in [0.1, 0.15) is 6.42 Å². The maximum Gasteiger partial charge on any atom is 0.220 e. The minimum absolute atomic E-state index is 0.195. The molecular formula is C11H13N3O. The highest BCUT2D eigenvalue weighted by Gasteiger charge is 2.48. The van der Waals surface area contributed by atoms with Crippen molar-refractivity contribution in [3.63, 3.8) is 0 Å². The molecule has 2 aliphatic rings. The lowest BCUT2D eigenvalue weighted by atomic mass is 9.79. The van der Waals surface area contributed by atoms with Gasteiger partial charge < -0.3 is 10.2 Å². The number of nitrogens with one attached hydrogen (secondary N) is 1. The molecule has 0 radical (unpaired) electrons. The molecule has 2 saturated heterocycles. The second-order valence-corrected chi connectivity index (χ2v) is 4.52. The van der Waals surface area contributed by atoms with Gasteiger partial charge in [-0.25, -0.2) is 0 Å². The average Bonchev–Trinajstić information content (AvgIpc) is 2.60. The first-order valence-corrected chi connectivity index (χ1v) is 5.19. The molecule has 0 unspecified atom stereocenters. The predicted molar refractivity (Wildman–Crippen MR) is 56.5 cm³/mol. The molecule has 1 N–H and O–H groups in total. The highest BCUT2D eigenvalue weighted by Crippen LogP contribution is 2.38. The number of amides is 1. The number of nitrogens with zero attached hydrogens (tertiary/aromatic N) is 2. The van der Waals surface area contributed by atoms with E-state index in [9.17, 15) is 4.79 Å². The molecular weight excluding hydrogens is 190 g/mol. The van der Waals surface area contributed by atoms with Crippen molar-refractivity contribution >= 4 is 11.6 Å². The Hall–Kier alpha value is -1.58. The maximum absolute atomic E-state index is 11.2. The number of anilines is 1. The zero-order valence-corrected chi connectivity index (χ0v) is 8.44. The van der Waals surface area contributed by atoms with Crippen LogP contribution in [0.15, 0.2) is 24.5 Å². The molecule has 1 aromatic rings. The summed E-state index contributed by atoms with van der Waals surface area (Å²) in [5.41, 5.74) is 1.36. The van der Waals surface area contributed by atoms with Crippen molar-refractivity contribution in [3.05, 3.63) is 24.5 Å². The van der Waals surface area contributed by atoms with E-state index in [1.165, 1.54) is 0 Å². The topological polar surface area (TPSA) is 45.2 Å². The van der Waals surface area contributed by atoms with E-state index < -0.39 is 0 Å². The van der Waals surface area contributed by atoms with Crippen molar-refractivity contribution in [1.82, 2.24) is 10.3 Å². The van der Waals surface area contributed by atoms with Gasteiger partial charge in [-0.2, -0.15) is 0 Å². The third-order valence-corrected chi connectivity index (χ3v) is 3.26. The number of pyridine rings is 1. The predicted octanol–water partition coefficient (Wildman–Crippen LogP) is 0.408. The van der Waals surface area contributed by atoms with E-state index in [2.05, 4.69) is 21.3 Å². The molecule has 3 heterocycles. The standard InChI is InChI=1S/C11H13N3O/c15-10-4-11(6-13-10)7-14(8-11)9-2-1-3-12-5-9/h1-3,5H,4,6-8H2,(H,13,15). The molecule has 3 rings (SSSR count).